The number of rotatable bonds is 5. The van der Waals surface area contributed by atoms with Crippen LogP contribution in [-0.4, -0.2) is 30.9 Å². The number of carbonyl (C=O) groups is 1. The number of anilines is 1. The number of nitrogens with zero attached hydrogens (tertiary/aromatic N) is 1. The molecular formula is C15H22N2O. The minimum atomic E-state index is 0.0171. The van der Waals surface area contributed by atoms with Crippen LogP contribution in [0.1, 0.15) is 19.4 Å². The van der Waals surface area contributed by atoms with Gasteiger partial charge in [-0.2, -0.15) is 0 Å². The lowest BCUT2D eigenvalue weighted by Gasteiger charge is -2.14. The van der Waals surface area contributed by atoms with Crippen LogP contribution in [0.3, 0.4) is 0 Å². The highest BCUT2D eigenvalue weighted by molar-refractivity contribution is 5.92. The average molecular weight is 246 g/mol. The van der Waals surface area contributed by atoms with Crippen LogP contribution >= 0.6 is 0 Å². The molecule has 1 N–H and O–H groups in total. The number of allylic oxidation sites excluding steroid dienone is 1. The highest BCUT2D eigenvalue weighted by Gasteiger charge is 2.05. The summed E-state index contributed by atoms with van der Waals surface area (Å²) in [6.45, 7) is 7.33. The van der Waals surface area contributed by atoms with Crippen molar-refractivity contribution in [1.82, 2.24) is 4.90 Å². The van der Waals surface area contributed by atoms with E-state index < -0.39 is 0 Å². The van der Waals surface area contributed by atoms with E-state index in [2.05, 4.69) is 25.2 Å². The van der Waals surface area contributed by atoms with Gasteiger partial charge in [-0.3, -0.25) is 9.69 Å². The lowest BCUT2D eigenvalue weighted by atomic mass is 10.2. The number of amides is 1. The smallest absolute Gasteiger partial charge is 0.238 e. The minimum Gasteiger partial charge on any atom is -0.325 e. The Morgan fingerprint density at radius 2 is 1.89 bits per heavy atom. The van der Waals surface area contributed by atoms with E-state index in [9.17, 15) is 4.79 Å². The molecule has 0 saturated heterocycles. The Balaban J connectivity index is 2.41. The van der Waals surface area contributed by atoms with Crippen molar-refractivity contribution in [3.63, 3.8) is 0 Å². The van der Waals surface area contributed by atoms with Gasteiger partial charge in [0.25, 0.3) is 0 Å². The Bertz CT molecular complexity index is 417. The Kier molecular flexibility index (Phi) is 5.59. The fourth-order valence-corrected chi connectivity index (χ4v) is 1.49. The number of benzene rings is 1. The van der Waals surface area contributed by atoms with Crippen LogP contribution in [0.2, 0.25) is 0 Å². The Labute approximate surface area is 109 Å². The summed E-state index contributed by atoms with van der Waals surface area (Å²) >= 11 is 0. The van der Waals surface area contributed by atoms with E-state index in [1.807, 2.05) is 43.1 Å². The van der Waals surface area contributed by atoms with Crippen LogP contribution in [-0.2, 0) is 4.79 Å². The molecule has 0 spiro atoms. The van der Waals surface area contributed by atoms with E-state index in [0.29, 0.717) is 6.54 Å². The SMILES string of the molecule is CC(C)=CCN(C)CC(=O)Nc1ccc(C)cc1. The summed E-state index contributed by atoms with van der Waals surface area (Å²) in [5.74, 6) is 0.0171. The topological polar surface area (TPSA) is 32.3 Å². The fourth-order valence-electron chi connectivity index (χ4n) is 1.49. The first-order valence-corrected chi connectivity index (χ1v) is 6.16. The Hall–Kier alpha value is -1.61. The summed E-state index contributed by atoms with van der Waals surface area (Å²) in [7, 11) is 1.94. The second-order valence-corrected chi connectivity index (χ2v) is 4.89. The first kappa shape index (κ1) is 14.5. The third-order valence-electron chi connectivity index (χ3n) is 2.56. The van der Waals surface area contributed by atoms with Gasteiger partial charge in [-0.1, -0.05) is 29.3 Å². The Morgan fingerprint density at radius 1 is 1.28 bits per heavy atom. The van der Waals surface area contributed by atoms with Crippen LogP contribution < -0.4 is 5.32 Å². The van der Waals surface area contributed by atoms with E-state index in [1.165, 1.54) is 11.1 Å². The molecule has 1 rings (SSSR count). The molecular weight excluding hydrogens is 224 g/mol. The van der Waals surface area contributed by atoms with Crippen LogP contribution in [0.5, 0.6) is 0 Å². The van der Waals surface area contributed by atoms with Gasteiger partial charge in [0.15, 0.2) is 0 Å². The molecule has 0 atom stereocenters. The minimum absolute atomic E-state index is 0.0171. The number of hydrogen-bond acceptors (Lipinski definition) is 2. The van der Waals surface area contributed by atoms with E-state index >= 15 is 0 Å². The van der Waals surface area contributed by atoms with Crippen molar-refractivity contribution in [3.8, 4) is 0 Å². The van der Waals surface area contributed by atoms with Crippen molar-refractivity contribution < 1.29 is 4.79 Å². The number of nitrogens with one attached hydrogen (secondary N) is 1. The molecule has 0 unspecified atom stereocenters. The molecule has 0 aliphatic carbocycles. The maximum Gasteiger partial charge on any atom is 0.238 e. The standard InChI is InChI=1S/C15H22N2O/c1-12(2)9-10-17(4)11-15(18)16-14-7-5-13(3)6-8-14/h5-9H,10-11H2,1-4H3,(H,16,18). The summed E-state index contributed by atoms with van der Waals surface area (Å²) in [5, 5.41) is 2.89. The molecule has 18 heavy (non-hydrogen) atoms. The zero-order chi connectivity index (χ0) is 13.5. The monoisotopic (exact) mass is 246 g/mol. The summed E-state index contributed by atoms with van der Waals surface area (Å²) in [6, 6.07) is 7.82. The third-order valence-corrected chi connectivity index (χ3v) is 2.56. The first-order valence-electron chi connectivity index (χ1n) is 6.16. The Morgan fingerprint density at radius 3 is 2.44 bits per heavy atom. The van der Waals surface area contributed by atoms with E-state index in [0.717, 1.165) is 12.2 Å². The fraction of sp³-hybridized carbons (Fsp3) is 0.400. The number of carbonyl (C=O) groups excluding carboxylic acids is 1. The maximum absolute atomic E-state index is 11.8. The number of likely N-dealkylation sites (N-methyl/N-ethyl adjacent to an activating group) is 1. The molecule has 1 amide bonds. The van der Waals surface area contributed by atoms with Gasteiger partial charge in [-0.25, -0.2) is 0 Å². The number of hydrogen-bond donors (Lipinski definition) is 1. The second-order valence-electron chi connectivity index (χ2n) is 4.89. The molecule has 0 aromatic heterocycles. The molecule has 0 fully saturated rings. The molecule has 1 aromatic rings. The van der Waals surface area contributed by atoms with E-state index in [-0.39, 0.29) is 5.91 Å². The highest BCUT2D eigenvalue weighted by Crippen LogP contribution is 2.08. The zero-order valence-electron chi connectivity index (χ0n) is 11.7. The summed E-state index contributed by atoms with van der Waals surface area (Å²) in [5.41, 5.74) is 3.30. The molecule has 0 bridgehead atoms. The quantitative estimate of drug-likeness (QED) is 0.810. The summed E-state index contributed by atoms with van der Waals surface area (Å²) < 4.78 is 0. The predicted molar refractivity (Wildman–Crippen MR) is 76.7 cm³/mol. The van der Waals surface area contributed by atoms with Crippen molar-refractivity contribution in [2.75, 3.05) is 25.5 Å². The van der Waals surface area contributed by atoms with Crippen LogP contribution in [0.25, 0.3) is 0 Å². The van der Waals surface area contributed by atoms with Gasteiger partial charge in [0.05, 0.1) is 6.54 Å². The van der Waals surface area contributed by atoms with Gasteiger partial charge in [0.2, 0.25) is 5.91 Å². The zero-order valence-corrected chi connectivity index (χ0v) is 11.7. The molecule has 98 valence electrons. The van der Waals surface area contributed by atoms with Gasteiger partial charge >= 0.3 is 0 Å². The number of aryl methyl sites for hydroxylation is 1. The molecule has 0 aliphatic heterocycles. The summed E-state index contributed by atoms with van der Waals surface area (Å²) in [4.78, 5) is 13.8. The molecule has 0 saturated carbocycles. The molecule has 3 nitrogen and oxygen atoms in total. The average Bonchev–Trinajstić information content (AvgIpc) is 2.29. The van der Waals surface area contributed by atoms with E-state index in [1.54, 1.807) is 0 Å². The van der Waals surface area contributed by atoms with Gasteiger partial charge in [-0.15, -0.1) is 0 Å². The van der Waals surface area contributed by atoms with Crippen LogP contribution in [0.4, 0.5) is 5.69 Å². The first-order chi connectivity index (χ1) is 8.47. The van der Waals surface area contributed by atoms with Gasteiger partial charge in [0, 0.05) is 12.2 Å². The molecule has 1 aromatic carbocycles. The molecule has 0 aliphatic rings. The van der Waals surface area contributed by atoms with Gasteiger partial charge < -0.3 is 5.32 Å². The lowest BCUT2D eigenvalue weighted by Crippen LogP contribution is -2.30. The molecule has 0 radical (unpaired) electrons. The van der Waals surface area contributed by atoms with E-state index in [4.69, 9.17) is 0 Å². The predicted octanol–water partition coefficient (Wildman–Crippen LogP) is 2.83. The van der Waals surface area contributed by atoms with Crippen molar-refractivity contribution >= 4 is 11.6 Å². The van der Waals surface area contributed by atoms with Crippen LogP contribution in [0.15, 0.2) is 35.9 Å². The molecule has 3 heteroatoms. The lowest BCUT2D eigenvalue weighted by molar-refractivity contribution is -0.116. The van der Waals surface area contributed by atoms with Gasteiger partial charge in [-0.05, 0) is 40.0 Å². The molecule has 0 heterocycles. The van der Waals surface area contributed by atoms with Crippen molar-refractivity contribution in [1.29, 1.82) is 0 Å². The van der Waals surface area contributed by atoms with Crippen LogP contribution in [0, 0.1) is 6.92 Å². The largest absolute Gasteiger partial charge is 0.325 e. The highest BCUT2D eigenvalue weighted by atomic mass is 16.2. The summed E-state index contributed by atoms with van der Waals surface area (Å²) in [6.07, 6.45) is 2.11. The normalized spacial score (nSPS) is 10.3. The van der Waals surface area contributed by atoms with Crippen molar-refractivity contribution in [3.05, 3.63) is 41.5 Å². The van der Waals surface area contributed by atoms with Crippen molar-refractivity contribution in [2.24, 2.45) is 0 Å². The maximum atomic E-state index is 11.8. The third kappa shape index (κ3) is 5.64. The second kappa shape index (κ2) is 6.97. The van der Waals surface area contributed by atoms with Crippen molar-refractivity contribution in [2.45, 2.75) is 20.8 Å². The van der Waals surface area contributed by atoms with Gasteiger partial charge in [0.1, 0.15) is 0 Å².